The first-order valence-electron chi connectivity index (χ1n) is 11.2. The molecule has 0 saturated carbocycles. The molecule has 4 rings (SSSR count). The average molecular weight is 536 g/mol. The number of urea groups is 1. The number of halogens is 3. The Morgan fingerprint density at radius 2 is 1.78 bits per heavy atom. The predicted octanol–water partition coefficient (Wildman–Crippen LogP) is 4.06. The molecule has 2 heterocycles. The molecule has 3 aromatic rings. The molecule has 1 aliphatic heterocycles. The van der Waals surface area contributed by atoms with Crippen LogP contribution in [-0.2, 0) is 27.5 Å². The summed E-state index contributed by atoms with van der Waals surface area (Å²) in [5.74, 6) is 0. The van der Waals surface area contributed by atoms with Crippen LogP contribution in [0.5, 0.6) is 0 Å². The normalized spacial score (nSPS) is 14.2. The van der Waals surface area contributed by atoms with Gasteiger partial charge in [-0.05, 0) is 54.1 Å². The maximum atomic E-state index is 13.3. The molecule has 1 aliphatic rings. The Morgan fingerprint density at radius 1 is 1.05 bits per heavy atom. The summed E-state index contributed by atoms with van der Waals surface area (Å²) in [5, 5.41) is 5.24. The largest absolute Gasteiger partial charge is 0.416 e. The van der Waals surface area contributed by atoms with Crippen molar-refractivity contribution in [3.63, 3.8) is 0 Å². The summed E-state index contributed by atoms with van der Waals surface area (Å²) in [6, 6.07) is 11.3. The summed E-state index contributed by atoms with van der Waals surface area (Å²) < 4.78 is 73.7. The van der Waals surface area contributed by atoms with E-state index in [1.165, 1.54) is 30.3 Å². The summed E-state index contributed by atoms with van der Waals surface area (Å²) in [7, 11) is -4.24. The number of sulfonamides is 1. The van der Waals surface area contributed by atoms with Crippen molar-refractivity contribution in [2.75, 3.05) is 41.2 Å². The number of hydrogen-bond donors (Lipinski definition) is 3. The van der Waals surface area contributed by atoms with Gasteiger partial charge < -0.3 is 20.3 Å². The molecule has 0 aliphatic carbocycles. The van der Waals surface area contributed by atoms with Crippen LogP contribution in [0.1, 0.15) is 11.1 Å². The number of benzene rings is 2. The highest BCUT2D eigenvalue weighted by molar-refractivity contribution is 7.92. The third kappa shape index (κ3) is 6.89. The van der Waals surface area contributed by atoms with E-state index in [0.717, 1.165) is 17.7 Å². The van der Waals surface area contributed by atoms with Crippen molar-refractivity contribution >= 4 is 33.1 Å². The summed E-state index contributed by atoms with van der Waals surface area (Å²) in [6.45, 7) is 1.81. The van der Waals surface area contributed by atoms with Crippen molar-refractivity contribution in [2.24, 2.45) is 0 Å². The highest BCUT2D eigenvalue weighted by Crippen LogP contribution is 2.36. The van der Waals surface area contributed by atoms with Crippen molar-refractivity contribution in [2.45, 2.75) is 17.6 Å². The Bertz CT molecular complexity index is 1330. The van der Waals surface area contributed by atoms with Crippen LogP contribution < -0.4 is 20.3 Å². The van der Waals surface area contributed by atoms with E-state index in [1.54, 1.807) is 29.4 Å². The second-order valence-corrected chi connectivity index (χ2v) is 9.81. The molecule has 0 bridgehead atoms. The molecule has 0 atom stereocenters. The maximum absolute atomic E-state index is 13.3. The van der Waals surface area contributed by atoms with E-state index < -0.39 is 27.8 Å². The molecule has 0 radical (unpaired) electrons. The zero-order chi connectivity index (χ0) is 26.5. The van der Waals surface area contributed by atoms with Crippen molar-refractivity contribution in [1.29, 1.82) is 0 Å². The van der Waals surface area contributed by atoms with Gasteiger partial charge in [-0.1, -0.05) is 6.07 Å². The van der Waals surface area contributed by atoms with E-state index in [4.69, 9.17) is 4.74 Å². The van der Waals surface area contributed by atoms with Crippen molar-refractivity contribution < 1.29 is 31.1 Å². The molecule has 196 valence electrons. The van der Waals surface area contributed by atoms with Gasteiger partial charge in [-0.2, -0.15) is 13.2 Å². The number of morpholine rings is 1. The molecule has 3 N–H and O–H groups in total. The number of carbonyl (C=O) groups excluding carboxylic acids is 1. The highest BCUT2D eigenvalue weighted by atomic mass is 32.2. The average Bonchev–Trinajstić information content (AvgIpc) is 2.88. The number of carbonyl (C=O) groups is 1. The van der Waals surface area contributed by atoms with Gasteiger partial charge in [-0.15, -0.1) is 0 Å². The molecule has 0 spiro atoms. The minimum atomic E-state index is -4.64. The molecule has 37 heavy (non-hydrogen) atoms. The standard InChI is InChI=1S/C24H24F3N5O4S/c25-24(26,27)18-3-8-22(32-10-12-36-13-11-32)21(14-18)31-37(34,35)20-6-4-19(5-7-20)30-23(33)29-16-17-2-1-9-28-15-17/h1-9,14-15,31H,10-13,16H2,(H2,29,30,33). The van der Waals surface area contributed by atoms with Gasteiger partial charge in [0.25, 0.3) is 10.0 Å². The lowest BCUT2D eigenvalue weighted by Gasteiger charge is -2.31. The van der Waals surface area contributed by atoms with Gasteiger partial charge in [-0.3, -0.25) is 9.71 Å². The number of anilines is 3. The Morgan fingerprint density at radius 3 is 2.43 bits per heavy atom. The van der Waals surface area contributed by atoms with Gasteiger partial charge in [0.05, 0.1) is 35.0 Å². The second-order valence-electron chi connectivity index (χ2n) is 8.13. The van der Waals surface area contributed by atoms with Crippen molar-refractivity contribution in [1.82, 2.24) is 10.3 Å². The first-order chi connectivity index (χ1) is 17.6. The van der Waals surface area contributed by atoms with Crippen LogP contribution in [0.4, 0.5) is 35.0 Å². The lowest BCUT2D eigenvalue weighted by atomic mass is 10.1. The summed E-state index contributed by atoms with van der Waals surface area (Å²) in [5.41, 5.74) is 0.295. The number of ether oxygens (including phenoxy) is 1. The number of pyridine rings is 1. The molecule has 2 amide bonds. The van der Waals surface area contributed by atoms with E-state index in [2.05, 4.69) is 20.3 Å². The van der Waals surface area contributed by atoms with E-state index >= 15 is 0 Å². The van der Waals surface area contributed by atoms with E-state index in [1.807, 2.05) is 0 Å². The molecule has 0 unspecified atom stereocenters. The van der Waals surface area contributed by atoms with Crippen LogP contribution in [0.3, 0.4) is 0 Å². The van der Waals surface area contributed by atoms with Crippen LogP contribution in [0.15, 0.2) is 71.9 Å². The van der Waals surface area contributed by atoms with Crippen molar-refractivity contribution in [3.8, 4) is 0 Å². The van der Waals surface area contributed by atoms with Gasteiger partial charge in [-0.25, -0.2) is 13.2 Å². The van der Waals surface area contributed by atoms with Crippen LogP contribution in [-0.4, -0.2) is 45.7 Å². The van der Waals surface area contributed by atoms with Gasteiger partial charge in [0.2, 0.25) is 0 Å². The van der Waals surface area contributed by atoms with Crippen LogP contribution in [0, 0.1) is 0 Å². The van der Waals surface area contributed by atoms with E-state index in [-0.39, 0.29) is 17.1 Å². The minimum Gasteiger partial charge on any atom is -0.378 e. The van der Waals surface area contributed by atoms with Crippen molar-refractivity contribution in [3.05, 3.63) is 78.1 Å². The fourth-order valence-corrected chi connectivity index (χ4v) is 4.72. The smallest absolute Gasteiger partial charge is 0.378 e. The third-order valence-corrected chi connectivity index (χ3v) is 6.90. The SMILES string of the molecule is O=C(NCc1cccnc1)Nc1ccc(S(=O)(=O)Nc2cc(C(F)(F)F)ccc2N2CCOCC2)cc1. The zero-order valence-corrected chi connectivity index (χ0v) is 20.3. The van der Waals surface area contributed by atoms with E-state index in [9.17, 15) is 26.4 Å². The first kappa shape index (κ1) is 26.2. The summed E-state index contributed by atoms with van der Waals surface area (Å²) >= 11 is 0. The van der Waals surface area contributed by atoms with E-state index in [0.29, 0.717) is 37.7 Å². The zero-order valence-electron chi connectivity index (χ0n) is 19.5. The molecule has 13 heteroatoms. The topological polar surface area (TPSA) is 113 Å². The first-order valence-corrected chi connectivity index (χ1v) is 12.7. The Hall–Kier alpha value is -3.84. The Kier molecular flexibility index (Phi) is 7.83. The quantitative estimate of drug-likeness (QED) is 0.421. The number of aromatic nitrogens is 1. The second kappa shape index (κ2) is 11.0. The monoisotopic (exact) mass is 535 g/mol. The van der Waals surface area contributed by atoms with Gasteiger partial charge in [0.1, 0.15) is 0 Å². The van der Waals surface area contributed by atoms with Crippen LogP contribution in [0.2, 0.25) is 0 Å². The lowest BCUT2D eigenvalue weighted by Crippen LogP contribution is -2.36. The van der Waals surface area contributed by atoms with Crippen LogP contribution in [0.25, 0.3) is 0 Å². The molecule has 1 aromatic heterocycles. The fraction of sp³-hybridized carbons (Fsp3) is 0.250. The maximum Gasteiger partial charge on any atom is 0.416 e. The molecular weight excluding hydrogens is 511 g/mol. The molecule has 9 nitrogen and oxygen atoms in total. The van der Waals surface area contributed by atoms with Gasteiger partial charge >= 0.3 is 12.2 Å². The summed E-state index contributed by atoms with van der Waals surface area (Å²) in [6.07, 6.45) is -1.42. The van der Waals surface area contributed by atoms with Gasteiger partial charge in [0.15, 0.2) is 0 Å². The Balaban J connectivity index is 1.48. The van der Waals surface area contributed by atoms with Gasteiger partial charge in [0, 0.05) is 37.7 Å². The number of nitrogens with zero attached hydrogens (tertiary/aromatic N) is 2. The fourth-order valence-electron chi connectivity index (χ4n) is 3.66. The molecule has 1 fully saturated rings. The number of rotatable bonds is 7. The molecule has 2 aromatic carbocycles. The molecule has 1 saturated heterocycles. The number of amides is 2. The summed E-state index contributed by atoms with van der Waals surface area (Å²) in [4.78, 5) is 17.7. The Labute approximate surface area is 211 Å². The predicted molar refractivity (Wildman–Crippen MR) is 132 cm³/mol. The minimum absolute atomic E-state index is 0.181. The lowest BCUT2D eigenvalue weighted by molar-refractivity contribution is -0.137. The number of alkyl halides is 3. The number of hydrogen-bond acceptors (Lipinski definition) is 6. The highest BCUT2D eigenvalue weighted by Gasteiger charge is 2.32. The molecular formula is C24H24F3N5O4S. The number of nitrogens with one attached hydrogen (secondary N) is 3. The van der Waals surface area contributed by atoms with Crippen LogP contribution >= 0.6 is 0 Å². The third-order valence-electron chi connectivity index (χ3n) is 5.52.